The highest BCUT2D eigenvalue weighted by Gasteiger charge is 2.15. The van der Waals surface area contributed by atoms with Crippen molar-refractivity contribution >= 4 is 11.7 Å². The number of nitrogens with one attached hydrogen (secondary N) is 1. The van der Waals surface area contributed by atoms with E-state index in [1.807, 2.05) is 19.1 Å². The number of hydrogen-bond donors (Lipinski definition) is 1. The molecule has 1 heterocycles. The number of aromatic nitrogens is 1. The molecule has 110 valence electrons. The number of anilines is 1. The SMILES string of the molecule is COc1ccc(O[C@@H](C)C(=O)Nc2cccc(C)n2)cc1. The predicted molar refractivity (Wildman–Crippen MR) is 80.7 cm³/mol. The van der Waals surface area contributed by atoms with E-state index in [0.29, 0.717) is 11.6 Å². The van der Waals surface area contributed by atoms with Crippen LogP contribution in [0.2, 0.25) is 0 Å². The minimum Gasteiger partial charge on any atom is -0.497 e. The minimum atomic E-state index is -0.624. The lowest BCUT2D eigenvalue weighted by Crippen LogP contribution is -2.30. The van der Waals surface area contributed by atoms with Gasteiger partial charge in [0.15, 0.2) is 6.10 Å². The normalized spacial score (nSPS) is 11.6. The van der Waals surface area contributed by atoms with Gasteiger partial charge in [-0.15, -0.1) is 0 Å². The Balaban J connectivity index is 1.95. The first-order chi connectivity index (χ1) is 10.1. The highest BCUT2D eigenvalue weighted by atomic mass is 16.5. The van der Waals surface area contributed by atoms with Crippen LogP contribution in [0, 0.1) is 6.92 Å². The zero-order valence-electron chi connectivity index (χ0n) is 12.3. The Labute approximate surface area is 123 Å². The lowest BCUT2D eigenvalue weighted by atomic mass is 10.3. The molecule has 0 aliphatic rings. The number of rotatable bonds is 5. The second-order valence-electron chi connectivity index (χ2n) is 4.59. The standard InChI is InChI=1S/C16H18N2O3/c1-11-5-4-6-15(17-11)18-16(19)12(2)21-14-9-7-13(20-3)8-10-14/h4-10,12H,1-3H3,(H,17,18,19)/t12-/m0/s1. The van der Waals surface area contributed by atoms with Gasteiger partial charge in [-0.2, -0.15) is 0 Å². The van der Waals surface area contributed by atoms with Gasteiger partial charge in [-0.3, -0.25) is 4.79 Å². The summed E-state index contributed by atoms with van der Waals surface area (Å²) in [5.74, 6) is 1.62. The van der Waals surface area contributed by atoms with Gasteiger partial charge in [0.25, 0.3) is 5.91 Å². The zero-order valence-corrected chi connectivity index (χ0v) is 12.3. The second-order valence-corrected chi connectivity index (χ2v) is 4.59. The zero-order chi connectivity index (χ0) is 15.2. The van der Waals surface area contributed by atoms with E-state index in [9.17, 15) is 4.79 Å². The number of carbonyl (C=O) groups excluding carboxylic acids is 1. The molecule has 0 radical (unpaired) electrons. The molecule has 0 aliphatic heterocycles. The lowest BCUT2D eigenvalue weighted by molar-refractivity contribution is -0.122. The maximum absolute atomic E-state index is 12.1. The van der Waals surface area contributed by atoms with Crippen molar-refractivity contribution in [3.05, 3.63) is 48.2 Å². The number of methoxy groups -OCH3 is 1. The number of pyridine rings is 1. The van der Waals surface area contributed by atoms with Gasteiger partial charge in [0.1, 0.15) is 17.3 Å². The van der Waals surface area contributed by atoms with E-state index in [-0.39, 0.29) is 5.91 Å². The van der Waals surface area contributed by atoms with Crippen molar-refractivity contribution < 1.29 is 14.3 Å². The van der Waals surface area contributed by atoms with E-state index >= 15 is 0 Å². The van der Waals surface area contributed by atoms with Crippen molar-refractivity contribution in [1.29, 1.82) is 0 Å². The fraction of sp³-hybridized carbons (Fsp3) is 0.250. The summed E-state index contributed by atoms with van der Waals surface area (Å²) in [7, 11) is 1.60. The van der Waals surface area contributed by atoms with Gasteiger partial charge >= 0.3 is 0 Å². The second kappa shape index (κ2) is 6.74. The number of aryl methyl sites for hydroxylation is 1. The van der Waals surface area contributed by atoms with Crippen molar-refractivity contribution in [2.75, 3.05) is 12.4 Å². The van der Waals surface area contributed by atoms with Crippen molar-refractivity contribution in [1.82, 2.24) is 4.98 Å². The van der Waals surface area contributed by atoms with Crippen molar-refractivity contribution in [3.8, 4) is 11.5 Å². The third-order valence-corrected chi connectivity index (χ3v) is 2.88. The average molecular weight is 286 g/mol. The molecule has 1 amide bonds. The van der Waals surface area contributed by atoms with Crippen LogP contribution in [0.1, 0.15) is 12.6 Å². The maximum atomic E-state index is 12.1. The molecule has 1 aromatic carbocycles. The van der Waals surface area contributed by atoms with Crippen LogP contribution < -0.4 is 14.8 Å². The number of hydrogen-bond acceptors (Lipinski definition) is 4. The van der Waals surface area contributed by atoms with Gasteiger partial charge < -0.3 is 14.8 Å². The van der Waals surface area contributed by atoms with E-state index in [0.717, 1.165) is 11.4 Å². The van der Waals surface area contributed by atoms with Crippen LogP contribution in [0.5, 0.6) is 11.5 Å². The van der Waals surface area contributed by atoms with E-state index in [2.05, 4.69) is 10.3 Å². The summed E-state index contributed by atoms with van der Waals surface area (Å²) in [5, 5.41) is 2.73. The molecule has 0 unspecified atom stereocenters. The minimum absolute atomic E-state index is 0.246. The fourth-order valence-corrected chi connectivity index (χ4v) is 1.75. The molecule has 0 aliphatic carbocycles. The van der Waals surface area contributed by atoms with Crippen LogP contribution in [-0.4, -0.2) is 24.1 Å². The highest BCUT2D eigenvalue weighted by Crippen LogP contribution is 2.18. The van der Waals surface area contributed by atoms with E-state index in [4.69, 9.17) is 9.47 Å². The number of ether oxygens (including phenoxy) is 2. The van der Waals surface area contributed by atoms with Crippen LogP contribution in [0.3, 0.4) is 0 Å². The molecule has 0 bridgehead atoms. The van der Waals surface area contributed by atoms with Crippen molar-refractivity contribution in [2.24, 2.45) is 0 Å². The molecule has 21 heavy (non-hydrogen) atoms. The first-order valence-electron chi connectivity index (χ1n) is 6.63. The molecule has 0 saturated heterocycles. The summed E-state index contributed by atoms with van der Waals surface area (Å²) in [6.07, 6.45) is -0.624. The highest BCUT2D eigenvalue weighted by molar-refractivity contribution is 5.93. The summed E-state index contributed by atoms with van der Waals surface area (Å²) in [5.41, 5.74) is 0.844. The van der Waals surface area contributed by atoms with Gasteiger partial charge in [-0.05, 0) is 50.2 Å². The molecule has 5 heteroatoms. The molecular formula is C16H18N2O3. The van der Waals surface area contributed by atoms with Crippen molar-refractivity contribution in [3.63, 3.8) is 0 Å². The summed E-state index contributed by atoms with van der Waals surface area (Å²) in [6, 6.07) is 12.5. The van der Waals surface area contributed by atoms with Crippen LogP contribution in [0.4, 0.5) is 5.82 Å². The van der Waals surface area contributed by atoms with Crippen LogP contribution >= 0.6 is 0 Å². The molecule has 0 saturated carbocycles. The fourth-order valence-electron chi connectivity index (χ4n) is 1.75. The molecule has 0 spiro atoms. The molecule has 0 fully saturated rings. The van der Waals surface area contributed by atoms with Crippen molar-refractivity contribution in [2.45, 2.75) is 20.0 Å². The Hall–Kier alpha value is -2.56. The monoisotopic (exact) mass is 286 g/mol. The average Bonchev–Trinajstić information content (AvgIpc) is 2.48. The summed E-state index contributed by atoms with van der Waals surface area (Å²) < 4.78 is 10.7. The van der Waals surface area contributed by atoms with E-state index in [1.54, 1.807) is 44.4 Å². The summed E-state index contributed by atoms with van der Waals surface area (Å²) in [4.78, 5) is 16.3. The smallest absolute Gasteiger partial charge is 0.266 e. The lowest BCUT2D eigenvalue weighted by Gasteiger charge is -2.14. The van der Waals surface area contributed by atoms with Crippen LogP contribution in [-0.2, 0) is 4.79 Å². The maximum Gasteiger partial charge on any atom is 0.266 e. The quantitative estimate of drug-likeness (QED) is 0.918. The molecule has 1 aromatic heterocycles. The molecular weight excluding hydrogens is 268 g/mol. The molecule has 5 nitrogen and oxygen atoms in total. The molecule has 1 N–H and O–H groups in total. The Morgan fingerprint density at radius 3 is 2.43 bits per heavy atom. The van der Waals surface area contributed by atoms with E-state index < -0.39 is 6.10 Å². The first kappa shape index (κ1) is 14.8. The topological polar surface area (TPSA) is 60.5 Å². The summed E-state index contributed by atoms with van der Waals surface area (Å²) >= 11 is 0. The van der Waals surface area contributed by atoms with Gasteiger partial charge in [-0.25, -0.2) is 4.98 Å². The van der Waals surface area contributed by atoms with Crippen LogP contribution in [0.15, 0.2) is 42.5 Å². The summed E-state index contributed by atoms with van der Waals surface area (Å²) in [6.45, 7) is 3.56. The number of nitrogens with zero attached hydrogens (tertiary/aromatic N) is 1. The molecule has 1 atom stereocenters. The third kappa shape index (κ3) is 4.21. The largest absolute Gasteiger partial charge is 0.497 e. The number of carbonyl (C=O) groups is 1. The van der Waals surface area contributed by atoms with Crippen LogP contribution in [0.25, 0.3) is 0 Å². The predicted octanol–water partition coefficient (Wildman–Crippen LogP) is 2.80. The van der Waals surface area contributed by atoms with E-state index in [1.165, 1.54) is 0 Å². The van der Waals surface area contributed by atoms with Gasteiger partial charge in [0, 0.05) is 5.69 Å². The Kier molecular flexibility index (Phi) is 4.77. The molecule has 2 rings (SSSR count). The Morgan fingerprint density at radius 2 is 1.81 bits per heavy atom. The molecule has 2 aromatic rings. The number of amides is 1. The van der Waals surface area contributed by atoms with Gasteiger partial charge in [-0.1, -0.05) is 6.07 Å². The van der Waals surface area contributed by atoms with Gasteiger partial charge in [0.2, 0.25) is 0 Å². The van der Waals surface area contributed by atoms with Gasteiger partial charge in [0.05, 0.1) is 7.11 Å². The first-order valence-corrected chi connectivity index (χ1v) is 6.63. The number of benzene rings is 1. The third-order valence-electron chi connectivity index (χ3n) is 2.88. The Bertz CT molecular complexity index is 611. The Morgan fingerprint density at radius 1 is 1.14 bits per heavy atom.